The summed E-state index contributed by atoms with van der Waals surface area (Å²) in [5, 5.41) is 2.86. The molecule has 3 N–H and O–H groups in total. The van der Waals surface area contributed by atoms with Crippen LogP contribution in [-0.2, 0) is 16.9 Å². The lowest BCUT2D eigenvalue weighted by Crippen LogP contribution is -2.30. The zero-order valence-electron chi connectivity index (χ0n) is 15.5. The minimum atomic E-state index is -1.01. The maximum atomic E-state index is 14.0. The standard InChI is InChI=1S/C20H22F2N4O/c1-12(13-4-6-14(7-5-13)20(2,3)23)25-17(27)10-26-11-24-16-9-8-15(21)18(22)19(16)26/h4-9,11-12H,10,23H2,1-3H3,(H,25,27). The number of imidazole rings is 1. The Balaban J connectivity index is 1.72. The number of nitrogens with zero attached hydrogens (tertiary/aromatic N) is 2. The molecule has 0 radical (unpaired) electrons. The van der Waals surface area contributed by atoms with Gasteiger partial charge in [-0.05, 0) is 44.0 Å². The van der Waals surface area contributed by atoms with Crippen LogP contribution in [0.4, 0.5) is 8.78 Å². The Morgan fingerprint density at radius 1 is 1.22 bits per heavy atom. The molecule has 5 nitrogen and oxygen atoms in total. The second-order valence-electron chi connectivity index (χ2n) is 7.23. The summed E-state index contributed by atoms with van der Waals surface area (Å²) in [6.45, 7) is 5.54. The molecular weight excluding hydrogens is 350 g/mol. The fourth-order valence-corrected chi connectivity index (χ4v) is 2.94. The van der Waals surface area contributed by atoms with E-state index >= 15 is 0 Å². The van der Waals surface area contributed by atoms with Crippen molar-refractivity contribution >= 4 is 16.9 Å². The van der Waals surface area contributed by atoms with Gasteiger partial charge in [-0.2, -0.15) is 0 Å². The number of amides is 1. The van der Waals surface area contributed by atoms with Gasteiger partial charge in [0, 0.05) is 5.54 Å². The molecule has 27 heavy (non-hydrogen) atoms. The van der Waals surface area contributed by atoms with E-state index in [1.54, 1.807) is 0 Å². The third-order valence-electron chi connectivity index (χ3n) is 4.52. The molecule has 1 aromatic heterocycles. The Bertz CT molecular complexity index is 974. The summed E-state index contributed by atoms with van der Waals surface area (Å²) in [7, 11) is 0. The molecule has 3 rings (SSSR count). The van der Waals surface area contributed by atoms with Crippen molar-refractivity contribution in [3.05, 3.63) is 65.5 Å². The summed E-state index contributed by atoms with van der Waals surface area (Å²) in [4.78, 5) is 16.4. The van der Waals surface area contributed by atoms with Crippen molar-refractivity contribution in [2.75, 3.05) is 0 Å². The third kappa shape index (κ3) is 3.98. The fourth-order valence-electron chi connectivity index (χ4n) is 2.94. The Kier molecular flexibility index (Phi) is 4.97. The van der Waals surface area contributed by atoms with E-state index in [1.807, 2.05) is 45.0 Å². The number of rotatable bonds is 5. The highest BCUT2D eigenvalue weighted by Crippen LogP contribution is 2.21. The van der Waals surface area contributed by atoms with Crippen LogP contribution in [0.5, 0.6) is 0 Å². The number of aromatic nitrogens is 2. The van der Waals surface area contributed by atoms with Crippen LogP contribution in [0.3, 0.4) is 0 Å². The lowest BCUT2D eigenvalue weighted by Gasteiger charge is -2.21. The van der Waals surface area contributed by atoms with Gasteiger partial charge in [0.15, 0.2) is 11.6 Å². The molecule has 1 atom stereocenters. The highest BCUT2D eigenvalue weighted by atomic mass is 19.2. The van der Waals surface area contributed by atoms with Crippen LogP contribution in [0.1, 0.15) is 37.9 Å². The van der Waals surface area contributed by atoms with Crippen LogP contribution in [0, 0.1) is 11.6 Å². The van der Waals surface area contributed by atoms with Crippen LogP contribution >= 0.6 is 0 Å². The molecule has 7 heteroatoms. The molecule has 0 fully saturated rings. The zero-order chi connectivity index (χ0) is 19.8. The van der Waals surface area contributed by atoms with Gasteiger partial charge < -0.3 is 15.6 Å². The molecule has 0 bridgehead atoms. The number of hydrogen-bond donors (Lipinski definition) is 2. The van der Waals surface area contributed by atoms with Crippen LogP contribution in [-0.4, -0.2) is 15.5 Å². The minimum absolute atomic E-state index is 0.0210. The lowest BCUT2D eigenvalue weighted by molar-refractivity contribution is -0.122. The number of carbonyl (C=O) groups is 1. The fraction of sp³-hybridized carbons (Fsp3) is 0.300. The molecule has 0 spiro atoms. The molecule has 3 aromatic rings. The van der Waals surface area contributed by atoms with Crippen molar-refractivity contribution in [2.45, 2.75) is 38.9 Å². The summed E-state index contributed by atoms with van der Waals surface area (Å²) in [6.07, 6.45) is 1.33. The molecule has 0 aliphatic heterocycles. The summed E-state index contributed by atoms with van der Waals surface area (Å²) in [6, 6.07) is 9.84. The number of nitrogens with one attached hydrogen (secondary N) is 1. The van der Waals surface area contributed by atoms with Crippen molar-refractivity contribution in [1.82, 2.24) is 14.9 Å². The van der Waals surface area contributed by atoms with Gasteiger partial charge in [-0.1, -0.05) is 24.3 Å². The van der Waals surface area contributed by atoms with E-state index in [0.717, 1.165) is 17.2 Å². The number of halogens is 2. The van der Waals surface area contributed by atoms with Crippen LogP contribution in [0.2, 0.25) is 0 Å². The van der Waals surface area contributed by atoms with Gasteiger partial charge in [-0.15, -0.1) is 0 Å². The monoisotopic (exact) mass is 372 g/mol. The minimum Gasteiger partial charge on any atom is -0.348 e. The number of hydrogen-bond acceptors (Lipinski definition) is 3. The summed E-state index contributed by atoms with van der Waals surface area (Å²) < 4.78 is 28.8. The van der Waals surface area contributed by atoms with Gasteiger partial charge in [-0.3, -0.25) is 4.79 Å². The number of fused-ring (bicyclic) bond motifs is 1. The van der Waals surface area contributed by atoms with Crippen LogP contribution in [0.25, 0.3) is 11.0 Å². The summed E-state index contributed by atoms with van der Waals surface area (Å²) >= 11 is 0. The highest BCUT2D eigenvalue weighted by molar-refractivity contribution is 5.81. The molecule has 0 aliphatic carbocycles. The van der Waals surface area contributed by atoms with Crippen molar-refractivity contribution in [1.29, 1.82) is 0 Å². The van der Waals surface area contributed by atoms with Crippen molar-refractivity contribution < 1.29 is 13.6 Å². The second-order valence-corrected chi connectivity index (χ2v) is 7.23. The third-order valence-corrected chi connectivity index (χ3v) is 4.52. The molecule has 0 saturated heterocycles. The molecule has 1 amide bonds. The van der Waals surface area contributed by atoms with E-state index in [0.29, 0.717) is 5.52 Å². The Labute approximate surface area is 156 Å². The van der Waals surface area contributed by atoms with Crippen molar-refractivity contribution in [2.24, 2.45) is 5.73 Å². The van der Waals surface area contributed by atoms with E-state index < -0.39 is 17.2 Å². The van der Waals surface area contributed by atoms with E-state index in [-0.39, 0.29) is 24.0 Å². The van der Waals surface area contributed by atoms with Gasteiger partial charge in [0.05, 0.1) is 17.9 Å². The van der Waals surface area contributed by atoms with E-state index in [2.05, 4.69) is 10.3 Å². The molecule has 142 valence electrons. The zero-order valence-corrected chi connectivity index (χ0v) is 15.5. The normalized spacial score (nSPS) is 13.0. The topological polar surface area (TPSA) is 72.9 Å². The first-order valence-corrected chi connectivity index (χ1v) is 8.64. The average Bonchev–Trinajstić information content (AvgIpc) is 3.00. The van der Waals surface area contributed by atoms with Gasteiger partial charge in [-0.25, -0.2) is 13.8 Å². The molecule has 0 aliphatic rings. The first-order chi connectivity index (χ1) is 12.7. The number of carbonyl (C=O) groups excluding carboxylic acids is 1. The quantitative estimate of drug-likeness (QED) is 0.721. The Morgan fingerprint density at radius 2 is 1.89 bits per heavy atom. The smallest absolute Gasteiger partial charge is 0.240 e. The van der Waals surface area contributed by atoms with Gasteiger partial charge in [0.25, 0.3) is 0 Å². The van der Waals surface area contributed by atoms with Gasteiger partial charge in [0.1, 0.15) is 12.1 Å². The SMILES string of the molecule is CC(NC(=O)Cn1cnc2ccc(F)c(F)c21)c1ccc(C(C)(C)N)cc1. The predicted octanol–water partition coefficient (Wildman–Crippen LogP) is 3.39. The van der Waals surface area contributed by atoms with Gasteiger partial charge in [0.2, 0.25) is 5.91 Å². The molecule has 2 aromatic carbocycles. The van der Waals surface area contributed by atoms with Crippen molar-refractivity contribution in [3.63, 3.8) is 0 Å². The molecular formula is C20H22F2N4O. The highest BCUT2D eigenvalue weighted by Gasteiger charge is 2.17. The van der Waals surface area contributed by atoms with Crippen LogP contribution < -0.4 is 11.1 Å². The summed E-state index contributed by atoms with van der Waals surface area (Å²) in [5.74, 6) is -2.31. The largest absolute Gasteiger partial charge is 0.348 e. The molecule has 1 heterocycles. The van der Waals surface area contributed by atoms with E-state index in [9.17, 15) is 13.6 Å². The van der Waals surface area contributed by atoms with Crippen LogP contribution in [0.15, 0.2) is 42.7 Å². The number of nitrogens with two attached hydrogens (primary N) is 1. The summed E-state index contributed by atoms with van der Waals surface area (Å²) in [5.41, 5.74) is 7.83. The Hall–Kier alpha value is -2.80. The lowest BCUT2D eigenvalue weighted by atomic mass is 9.94. The van der Waals surface area contributed by atoms with E-state index in [4.69, 9.17) is 5.73 Å². The molecule has 0 saturated carbocycles. The maximum Gasteiger partial charge on any atom is 0.240 e. The first kappa shape index (κ1) is 19.0. The Morgan fingerprint density at radius 3 is 2.52 bits per heavy atom. The second kappa shape index (κ2) is 7.08. The van der Waals surface area contributed by atoms with Crippen molar-refractivity contribution in [3.8, 4) is 0 Å². The van der Waals surface area contributed by atoms with Gasteiger partial charge >= 0.3 is 0 Å². The number of benzene rings is 2. The maximum absolute atomic E-state index is 14.0. The molecule has 1 unspecified atom stereocenters. The van der Waals surface area contributed by atoms with E-state index in [1.165, 1.54) is 17.0 Å². The predicted molar refractivity (Wildman–Crippen MR) is 99.9 cm³/mol. The average molecular weight is 372 g/mol. The first-order valence-electron chi connectivity index (χ1n) is 8.64.